The molecule has 4 heteroatoms. The quantitative estimate of drug-likeness (QED) is 0.667. The van der Waals surface area contributed by atoms with E-state index < -0.39 is 5.54 Å². The van der Waals surface area contributed by atoms with Gasteiger partial charge in [-0.1, -0.05) is 37.3 Å². The maximum Gasteiger partial charge on any atom is 0.134 e. The van der Waals surface area contributed by atoms with Crippen LogP contribution in [0.3, 0.4) is 0 Å². The van der Waals surface area contributed by atoms with Gasteiger partial charge in [-0.3, -0.25) is 5.32 Å². The van der Waals surface area contributed by atoms with Gasteiger partial charge in [-0.2, -0.15) is 5.26 Å². The molecule has 0 bridgehead atoms. The van der Waals surface area contributed by atoms with Crippen molar-refractivity contribution in [1.82, 2.24) is 5.32 Å². The van der Waals surface area contributed by atoms with Gasteiger partial charge in [-0.25, -0.2) is 0 Å². The summed E-state index contributed by atoms with van der Waals surface area (Å²) in [4.78, 5) is 0. The molecule has 0 fully saturated rings. The van der Waals surface area contributed by atoms with E-state index >= 15 is 0 Å². The van der Waals surface area contributed by atoms with E-state index in [4.69, 9.17) is 9.47 Å². The van der Waals surface area contributed by atoms with Gasteiger partial charge >= 0.3 is 0 Å². The fraction of sp³-hybridized carbons (Fsp3) is 0.562. The summed E-state index contributed by atoms with van der Waals surface area (Å²) in [5, 5.41) is 12.6. The van der Waals surface area contributed by atoms with Crippen LogP contribution in [0.5, 0.6) is 0 Å². The average Bonchev–Trinajstić information content (AvgIpc) is 2.52. The van der Waals surface area contributed by atoms with E-state index in [-0.39, 0.29) is 0 Å². The zero-order chi connectivity index (χ0) is 14.7. The molecule has 0 radical (unpaired) electrons. The van der Waals surface area contributed by atoms with Gasteiger partial charge in [-0.15, -0.1) is 0 Å². The lowest BCUT2D eigenvalue weighted by Crippen LogP contribution is -2.39. The van der Waals surface area contributed by atoms with E-state index in [0.29, 0.717) is 26.2 Å². The molecule has 110 valence electrons. The minimum Gasteiger partial charge on any atom is -0.379 e. The first-order valence-electron chi connectivity index (χ1n) is 7.10. The lowest BCUT2D eigenvalue weighted by atomic mass is 9.88. The summed E-state index contributed by atoms with van der Waals surface area (Å²) in [5.41, 5.74) is 0.279. The molecular formula is C16H24N2O2. The number of nitriles is 1. The average molecular weight is 276 g/mol. The first-order valence-corrected chi connectivity index (χ1v) is 7.10. The summed E-state index contributed by atoms with van der Waals surface area (Å²) in [6.45, 7) is 4.55. The van der Waals surface area contributed by atoms with Crippen LogP contribution in [0.2, 0.25) is 0 Å². The summed E-state index contributed by atoms with van der Waals surface area (Å²) in [7, 11) is 1.81. The van der Waals surface area contributed by atoms with Gasteiger partial charge in [0.15, 0.2) is 0 Å². The highest BCUT2D eigenvalue weighted by Crippen LogP contribution is 2.23. The normalized spacial score (nSPS) is 13.7. The summed E-state index contributed by atoms with van der Waals surface area (Å²) < 4.78 is 10.9. The van der Waals surface area contributed by atoms with Crippen molar-refractivity contribution in [3.63, 3.8) is 0 Å². The van der Waals surface area contributed by atoms with Gasteiger partial charge in [0.05, 0.1) is 19.3 Å². The van der Waals surface area contributed by atoms with Crippen molar-refractivity contribution < 1.29 is 9.47 Å². The highest BCUT2D eigenvalue weighted by atomic mass is 16.5. The van der Waals surface area contributed by atoms with Gasteiger partial charge in [0.1, 0.15) is 5.54 Å². The Balaban J connectivity index is 2.43. The van der Waals surface area contributed by atoms with Crippen LogP contribution in [-0.4, -0.2) is 33.5 Å². The molecule has 0 aliphatic rings. The third-order valence-electron chi connectivity index (χ3n) is 3.23. The van der Waals surface area contributed by atoms with Crippen LogP contribution >= 0.6 is 0 Å². The minimum atomic E-state index is -0.689. The Labute approximate surface area is 121 Å². The lowest BCUT2D eigenvalue weighted by molar-refractivity contribution is 0.0420. The number of ether oxygens (including phenoxy) is 2. The van der Waals surface area contributed by atoms with Crippen LogP contribution in [0.4, 0.5) is 0 Å². The van der Waals surface area contributed by atoms with Gasteiger partial charge in [0.25, 0.3) is 0 Å². The molecule has 1 aromatic rings. The van der Waals surface area contributed by atoms with Crippen molar-refractivity contribution >= 4 is 0 Å². The standard InChI is InChI=1S/C16H24N2O2/c1-3-10-19-12-13-20-11-9-16(14-17,18-2)15-7-5-4-6-8-15/h4-8,18H,3,9-13H2,1-2H3. The Morgan fingerprint density at radius 1 is 1.10 bits per heavy atom. The fourth-order valence-electron chi connectivity index (χ4n) is 2.00. The topological polar surface area (TPSA) is 54.3 Å². The molecule has 0 aromatic heterocycles. The van der Waals surface area contributed by atoms with Gasteiger partial charge in [0.2, 0.25) is 0 Å². The largest absolute Gasteiger partial charge is 0.379 e. The highest BCUT2D eigenvalue weighted by Gasteiger charge is 2.29. The molecule has 20 heavy (non-hydrogen) atoms. The van der Waals surface area contributed by atoms with Crippen LogP contribution in [0.15, 0.2) is 30.3 Å². The monoisotopic (exact) mass is 276 g/mol. The Bertz CT molecular complexity index is 403. The maximum atomic E-state index is 9.51. The van der Waals surface area contributed by atoms with Crippen LogP contribution in [0, 0.1) is 11.3 Å². The summed E-state index contributed by atoms with van der Waals surface area (Å²) in [6, 6.07) is 12.1. The zero-order valence-electron chi connectivity index (χ0n) is 12.4. The molecule has 0 spiro atoms. The Morgan fingerprint density at radius 2 is 1.75 bits per heavy atom. The molecule has 1 unspecified atom stereocenters. The van der Waals surface area contributed by atoms with E-state index in [1.165, 1.54) is 0 Å². The molecule has 4 nitrogen and oxygen atoms in total. The van der Waals surface area contributed by atoms with Crippen molar-refractivity contribution in [2.45, 2.75) is 25.3 Å². The first kappa shape index (κ1) is 16.6. The molecule has 0 aliphatic heterocycles. The number of nitrogens with zero attached hydrogens (tertiary/aromatic N) is 1. The van der Waals surface area contributed by atoms with E-state index in [2.05, 4.69) is 18.3 Å². The smallest absolute Gasteiger partial charge is 0.134 e. The van der Waals surface area contributed by atoms with Crippen LogP contribution in [-0.2, 0) is 15.0 Å². The number of hydrogen-bond acceptors (Lipinski definition) is 4. The molecule has 1 atom stereocenters. The SMILES string of the molecule is CCCOCCOCCC(C#N)(NC)c1ccccc1. The molecule has 0 saturated heterocycles. The maximum absolute atomic E-state index is 9.51. The molecule has 1 rings (SSSR count). The second kappa shape index (κ2) is 9.49. The molecule has 0 amide bonds. The molecule has 1 N–H and O–H groups in total. The molecule has 0 aliphatic carbocycles. The Hall–Kier alpha value is -1.41. The first-order chi connectivity index (χ1) is 9.79. The second-order valence-electron chi connectivity index (χ2n) is 4.61. The summed E-state index contributed by atoms with van der Waals surface area (Å²) in [5.74, 6) is 0. The van der Waals surface area contributed by atoms with Crippen LogP contribution in [0.1, 0.15) is 25.3 Å². The number of benzene rings is 1. The van der Waals surface area contributed by atoms with Gasteiger partial charge in [0, 0.05) is 19.6 Å². The lowest BCUT2D eigenvalue weighted by Gasteiger charge is -2.26. The number of nitrogens with one attached hydrogen (secondary N) is 1. The van der Waals surface area contributed by atoms with Crippen molar-refractivity contribution in [3.05, 3.63) is 35.9 Å². The van der Waals surface area contributed by atoms with E-state index in [1.807, 2.05) is 30.3 Å². The Morgan fingerprint density at radius 3 is 2.30 bits per heavy atom. The zero-order valence-corrected chi connectivity index (χ0v) is 12.4. The third kappa shape index (κ3) is 4.93. The van der Waals surface area contributed by atoms with E-state index in [9.17, 15) is 5.26 Å². The second-order valence-corrected chi connectivity index (χ2v) is 4.61. The highest BCUT2D eigenvalue weighted by molar-refractivity contribution is 5.31. The van der Waals surface area contributed by atoms with E-state index in [0.717, 1.165) is 18.6 Å². The number of rotatable bonds is 10. The molecule has 0 saturated carbocycles. The molecular weight excluding hydrogens is 252 g/mol. The summed E-state index contributed by atoms with van der Waals surface area (Å²) >= 11 is 0. The van der Waals surface area contributed by atoms with Crippen molar-refractivity contribution in [2.24, 2.45) is 0 Å². The van der Waals surface area contributed by atoms with Crippen molar-refractivity contribution in [2.75, 3.05) is 33.5 Å². The third-order valence-corrected chi connectivity index (χ3v) is 3.23. The van der Waals surface area contributed by atoms with Crippen LogP contribution in [0.25, 0.3) is 0 Å². The predicted octanol–water partition coefficient (Wildman–Crippen LogP) is 2.46. The van der Waals surface area contributed by atoms with E-state index in [1.54, 1.807) is 7.05 Å². The van der Waals surface area contributed by atoms with Crippen molar-refractivity contribution in [3.8, 4) is 6.07 Å². The van der Waals surface area contributed by atoms with Crippen LogP contribution < -0.4 is 5.32 Å². The van der Waals surface area contributed by atoms with Gasteiger partial charge < -0.3 is 9.47 Å². The fourth-order valence-corrected chi connectivity index (χ4v) is 2.00. The summed E-state index contributed by atoms with van der Waals surface area (Å²) in [6.07, 6.45) is 1.63. The van der Waals surface area contributed by atoms with Gasteiger partial charge in [-0.05, 0) is 19.0 Å². The minimum absolute atomic E-state index is 0.527. The molecule has 0 heterocycles. The van der Waals surface area contributed by atoms with Crippen molar-refractivity contribution in [1.29, 1.82) is 5.26 Å². The Kier molecular flexibility index (Phi) is 7.89. The molecule has 1 aromatic carbocycles. The number of hydrogen-bond donors (Lipinski definition) is 1. The predicted molar refractivity (Wildman–Crippen MR) is 79.3 cm³/mol.